The molecule has 5 N–H and O–H groups in total. The third kappa shape index (κ3) is 10.7. The number of halogens is 1. The molecule has 0 radical (unpaired) electrons. The minimum atomic E-state index is -0.317. The van der Waals surface area contributed by atoms with Gasteiger partial charge < -0.3 is 39.3 Å². The molecular weight excluding hydrogens is 944 g/mol. The van der Waals surface area contributed by atoms with Gasteiger partial charge in [0.15, 0.2) is 0 Å². The van der Waals surface area contributed by atoms with Gasteiger partial charge in [0.2, 0.25) is 0 Å². The fraction of sp³-hybridized carbons (Fsp3) is 0.130. The van der Waals surface area contributed by atoms with Crippen molar-refractivity contribution in [3.63, 3.8) is 0 Å². The number of benzene rings is 6. The Kier molecular flexibility index (Phi) is 15.9. The van der Waals surface area contributed by atoms with Crippen LogP contribution in [0.1, 0.15) is 57.9 Å². The molecule has 0 saturated carbocycles. The predicted octanol–water partition coefficient (Wildman–Crippen LogP) is 12.6. The van der Waals surface area contributed by atoms with E-state index in [1.807, 2.05) is 146 Å². The van der Waals surface area contributed by atoms with Crippen LogP contribution in [0.3, 0.4) is 0 Å². The van der Waals surface area contributed by atoms with Crippen LogP contribution in [0.5, 0.6) is 0 Å². The van der Waals surface area contributed by atoms with E-state index in [0.29, 0.717) is 36.9 Å². The molecule has 0 atom stereocenters. The average Bonchev–Trinajstić information content (AvgIpc) is 4.15. The van der Waals surface area contributed by atoms with Crippen LogP contribution in [0.15, 0.2) is 164 Å². The van der Waals surface area contributed by atoms with Gasteiger partial charge in [-0.25, -0.2) is 14.4 Å². The molecule has 4 aromatic heterocycles. The highest BCUT2D eigenvalue weighted by atomic mass is 127. The van der Waals surface area contributed by atoms with Gasteiger partial charge in [-0.1, -0.05) is 133 Å². The monoisotopic (exact) mass is 992 g/mol. The van der Waals surface area contributed by atoms with Gasteiger partial charge in [-0.2, -0.15) is 0 Å². The lowest BCUT2D eigenvalue weighted by Crippen LogP contribution is -2.06. The van der Waals surface area contributed by atoms with E-state index in [-0.39, 0.29) is 24.5 Å². The number of carbonyl (C=O) groups excluding carboxylic acids is 3. The van der Waals surface area contributed by atoms with Crippen LogP contribution in [0, 0.1) is 3.57 Å². The molecule has 10 aromatic rings. The molecule has 6 aromatic carbocycles. The maximum Gasteiger partial charge on any atom is 0.355 e. The van der Waals surface area contributed by atoms with Gasteiger partial charge in [-0.3, -0.25) is 0 Å². The van der Waals surface area contributed by atoms with E-state index in [0.717, 1.165) is 75.1 Å². The van der Waals surface area contributed by atoms with Crippen LogP contribution in [0.2, 0.25) is 0 Å². The lowest BCUT2D eigenvalue weighted by molar-refractivity contribution is 0.0510. The van der Waals surface area contributed by atoms with Crippen molar-refractivity contribution in [1.29, 1.82) is 0 Å². The summed E-state index contributed by atoms with van der Waals surface area (Å²) in [6.45, 7) is 6.58. The number of carbonyl (C=O) groups is 3. The number of aromatic nitrogens is 4. The fourth-order valence-corrected chi connectivity index (χ4v) is 8.32. The second-order valence-corrected chi connectivity index (χ2v) is 15.7. The van der Waals surface area contributed by atoms with Crippen molar-refractivity contribution < 1.29 is 33.7 Å². The summed E-state index contributed by atoms with van der Waals surface area (Å²) in [7, 11) is 0. The first-order valence-corrected chi connectivity index (χ1v) is 22.6. The molecule has 12 heteroatoms. The first-order valence-electron chi connectivity index (χ1n) is 21.5. The van der Waals surface area contributed by atoms with E-state index in [4.69, 9.17) is 14.2 Å². The summed E-state index contributed by atoms with van der Waals surface area (Å²) in [5.74, 6) is -0.913. The van der Waals surface area contributed by atoms with Crippen LogP contribution in [-0.4, -0.2) is 62.8 Å². The van der Waals surface area contributed by atoms with Gasteiger partial charge in [0, 0.05) is 60.4 Å². The third-order valence-electron chi connectivity index (χ3n) is 10.4. The Labute approximate surface area is 395 Å². The van der Waals surface area contributed by atoms with Crippen molar-refractivity contribution in [2.75, 3.05) is 19.8 Å². The molecule has 0 spiro atoms. The van der Waals surface area contributed by atoms with Crippen LogP contribution in [0.25, 0.3) is 65.9 Å². The molecule has 0 bridgehead atoms. The van der Waals surface area contributed by atoms with E-state index in [2.05, 4.69) is 60.7 Å². The number of rotatable bonds is 9. The number of aliphatic hydroxyl groups is 1. The van der Waals surface area contributed by atoms with Crippen molar-refractivity contribution >= 4 is 84.1 Å². The molecule has 0 unspecified atom stereocenters. The third-order valence-corrected chi connectivity index (χ3v) is 11.5. The minimum Gasteiger partial charge on any atom is -0.461 e. The molecule has 0 aliphatic heterocycles. The number of aliphatic hydroxyl groups excluding tert-OH is 1. The van der Waals surface area contributed by atoms with Crippen molar-refractivity contribution in [2.45, 2.75) is 27.4 Å². The Hall–Kier alpha value is -7.42. The molecule has 0 aliphatic rings. The van der Waals surface area contributed by atoms with Gasteiger partial charge in [-0.15, -0.1) is 0 Å². The van der Waals surface area contributed by atoms with E-state index in [1.165, 1.54) is 0 Å². The molecule has 334 valence electrons. The van der Waals surface area contributed by atoms with Crippen LogP contribution < -0.4 is 0 Å². The number of fused-ring (bicyclic) bond motifs is 4. The van der Waals surface area contributed by atoms with Gasteiger partial charge in [0.1, 0.15) is 17.1 Å². The van der Waals surface area contributed by atoms with Gasteiger partial charge in [0.25, 0.3) is 0 Å². The SMILES string of the molecule is CCOC(=O)c1[nH]c2ccccc2c1-c1ccccc1.CCOC(=O)c1[nH]c2ccccc2c1I.CCOC(=O)c1cc2ccccc2[nH]1.OCc1[nH]c2ccccc2c1-c1ccccc1. The zero-order valence-electron chi connectivity index (χ0n) is 36.7. The van der Waals surface area contributed by atoms with E-state index < -0.39 is 0 Å². The number of aromatic amines is 4. The van der Waals surface area contributed by atoms with E-state index in [1.54, 1.807) is 19.9 Å². The average molecular weight is 993 g/mol. The van der Waals surface area contributed by atoms with E-state index >= 15 is 0 Å². The van der Waals surface area contributed by atoms with Gasteiger partial charge in [0.05, 0.1) is 30.0 Å². The summed E-state index contributed by atoms with van der Waals surface area (Å²) in [5.41, 5.74) is 10.5. The second-order valence-electron chi connectivity index (χ2n) is 14.6. The van der Waals surface area contributed by atoms with Gasteiger partial charge >= 0.3 is 17.9 Å². The van der Waals surface area contributed by atoms with Crippen molar-refractivity contribution in [1.82, 2.24) is 19.9 Å². The second kappa shape index (κ2) is 22.5. The molecule has 4 heterocycles. The number of para-hydroxylation sites is 4. The van der Waals surface area contributed by atoms with Gasteiger partial charge in [-0.05, 0) is 84.8 Å². The Balaban J connectivity index is 0.000000132. The molecule has 66 heavy (non-hydrogen) atoms. The largest absolute Gasteiger partial charge is 0.461 e. The zero-order valence-corrected chi connectivity index (χ0v) is 38.8. The number of esters is 3. The van der Waals surface area contributed by atoms with E-state index in [9.17, 15) is 19.5 Å². The lowest BCUT2D eigenvalue weighted by atomic mass is 10.0. The Bertz CT molecular complexity index is 3170. The standard InChI is InChI=1S/C17H15NO2.C15H13NO.C11H10INO2.C11H11NO2/c1-2-20-17(19)16-15(12-8-4-3-5-9-12)13-10-6-7-11-14(13)18-16;17-10-14-15(11-6-2-1-3-7-11)12-8-4-5-9-13(12)16-14;1-2-15-11(14)10-9(12)7-5-3-4-6-8(7)13-10;1-2-14-11(13)10-7-8-5-3-4-6-9(8)12-10/h3-11,18H,2H2,1H3;1-9,16-17H,10H2;3-6,13H,2H2,1H3;3-7,12H,2H2,1H3. The van der Waals surface area contributed by atoms with Crippen LogP contribution in [0.4, 0.5) is 0 Å². The summed E-state index contributed by atoms with van der Waals surface area (Å²) in [6.07, 6.45) is 0. The number of ether oxygens (including phenoxy) is 3. The summed E-state index contributed by atoms with van der Waals surface area (Å²) in [5, 5.41) is 13.7. The molecule has 11 nitrogen and oxygen atoms in total. The maximum atomic E-state index is 12.2. The highest BCUT2D eigenvalue weighted by Gasteiger charge is 2.20. The number of nitrogens with one attached hydrogen (secondary N) is 4. The normalized spacial score (nSPS) is 10.6. The highest BCUT2D eigenvalue weighted by molar-refractivity contribution is 14.1. The predicted molar refractivity (Wildman–Crippen MR) is 271 cm³/mol. The lowest BCUT2D eigenvalue weighted by Gasteiger charge is -2.04. The van der Waals surface area contributed by atoms with Crippen molar-refractivity contribution in [3.8, 4) is 22.3 Å². The minimum absolute atomic E-state index is 0.0267. The smallest absolute Gasteiger partial charge is 0.355 e. The number of H-pyrrole nitrogens is 4. The van der Waals surface area contributed by atoms with Crippen molar-refractivity contribution in [2.24, 2.45) is 0 Å². The molecule has 0 aliphatic carbocycles. The summed E-state index contributed by atoms with van der Waals surface area (Å²) in [6, 6.07) is 53.4. The molecular formula is C54H49IN4O7. The molecule has 10 rings (SSSR count). The number of hydrogen-bond acceptors (Lipinski definition) is 7. The van der Waals surface area contributed by atoms with Crippen LogP contribution >= 0.6 is 22.6 Å². The Morgan fingerprint density at radius 2 is 0.894 bits per heavy atom. The molecule has 0 fully saturated rings. The Morgan fingerprint density at radius 3 is 1.44 bits per heavy atom. The first kappa shape index (κ1) is 46.6. The Morgan fingerprint density at radius 1 is 0.470 bits per heavy atom. The zero-order chi connectivity index (χ0) is 46.4. The van der Waals surface area contributed by atoms with Crippen LogP contribution in [-0.2, 0) is 20.8 Å². The first-order chi connectivity index (χ1) is 32.3. The summed E-state index contributed by atoms with van der Waals surface area (Å²) in [4.78, 5) is 47.6. The topological polar surface area (TPSA) is 162 Å². The summed E-state index contributed by atoms with van der Waals surface area (Å²) < 4.78 is 15.9. The fourth-order valence-electron chi connectivity index (χ4n) is 7.50. The highest BCUT2D eigenvalue weighted by Crippen LogP contribution is 2.34. The quantitative estimate of drug-likeness (QED) is 0.0546. The summed E-state index contributed by atoms with van der Waals surface area (Å²) >= 11 is 2.16. The molecule has 0 saturated heterocycles. The maximum absolute atomic E-state index is 12.2. The van der Waals surface area contributed by atoms with Crippen molar-refractivity contribution in [3.05, 3.63) is 190 Å². The molecule has 0 amide bonds. The number of hydrogen-bond donors (Lipinski definition) is 5.